The molecule has 0 bridgehead atoms. The Labute approximate surface area is 145 Å². The van der Waals surface area contributed by atoms with E-state index < -0.39 is 6.10 Å². The fourth-order valence-electron chi connectivity index (χ4n) is 2.89. The van der Waals surface area contributed by atoms with Gasteiger partial charge in [-0.15, -0.1) is 0 Å². The Balaban J connectivity index is 1.68. The summed E-state index contributed by atoms with van der Waals surface area (Å²) in [6.45, 7) is 1.85. The van der Waals surface area contributed by atoms with E-state index in [1.807, 2.05) is 37.3 Å². The Bertz CT molecular complexity index is 943. The van der Waals surface area contributed by atoms with Crippen LogP contribution in [0.3, 0.4) is 0 Å². The molecule has 1 heterocycles. The molecular formula is C19H21N3O3. The van der Waals surface area contributed by atoms with Gasteiger partial charge in [-0.3, -0.25) is 9.36 Å². The van der Waals surface area contributed by atoms with Gasteiger partial charge in [0, 0.05) is 18.7 Å². The van der Waals surface area contributed by atoms with E-state index in [1.54, 1.807) is 25.2 Å². The van der Waals surface area contributed by atoms with Crippen LogP contribution in [0.5, 0.6) is 0 Å². The van der Waals surface area contributed by atoms with Gasteiger partial charge in [-0.1, -0.05) is 30.3 Å². The van der Waals surface area contributed by atoms with Gasteiger partial charge >= 0.3 is 5.69 Å². The monoisotopic (exact) mass is 339 g/mol. The van der Waals surface area contributed by atoms with Gasteiger partial charge in [0.15, 0.2) is 0 Å². The molecule has 2 unspecified atom stereocenters. The maximum absolute atomic E-state index is 12.4. The molecule has 3 rings (SSSR count). The first-order valence-electron chi connectivity index (χ1n) is 8.18. The highest BCUT2D eigenvalue weighted by Crippen LogP contribution is 2.18. The molecule has 2 atom stereocenters. The van der Waals surface area contributed by atoms with Crippen molar-refractivity contribution in [2.45, 2.75) is 25.5 Å². The van der Waals surface area contributed by atoms with E-state index in [1.165, 1.54) is 4.57 Å². The van der Waals surface area contributed by atoms with E-state index >= 15 is 0 Å². The van der Waals surface area contributed by atoms with Gasteiger partial charge in [-0.05, 0) is 37.1 Å². The predicted octanol–water partition coefficient (Wildman–Crippen LogP) is 2.11. The number of aromatic amines is 1. The summed E-state index contributed by atoms with van der Waals surface area (Å²) in [4.78, 5) is 26.8. The minimum atomic E-state index is -0.635. The Kier molecular flexibility index (Phi) is 4.72. The molecule has 0 aliphatic carbocycles. The number of hydrogen-bond acceptors (Lipinski definition) is 3. The lowest BCUT2D eigenvalue weighted by molar-refractivity contribution is 0.0917. The molecule has 0 saturated carbocycles. The van der Waals surface area contributed by atoms with Gasteiger partial charge in [0.25, 0.3) is 5.91 Å². The number of benzene rings is 2. The smallest absolute Gasteiger partial charge is 0.326 e. The fourth-order valence-corrected chi connectivity index (χ4v) is 2.89. The first kappa shape index (κ1) is 17.0. The van der Waals surface area contributed by atoms with Crippen molar-refractivity contribution in [3.63, 3.8) is 0 Å². The van der Waals surface area contributed by atoms with Crippen LogP contribution in [-0.2, 0) is 7.05 Å². The maximum atomic E-state index is 12.4. The molecule has 1 aromatic heterocycles. The van der Waals surface area contributed by atoms with Crippen LogP contribution in [0.4, 0.5) is 0 Å². The molecular weight excluding hydrogens is 318 g/mol. The highest BCUT2D eigenvalue weighted by atomic mass is 16.3. The summed E-state index contributed by atoms with van der Waals surface area (Å²) in [5, 5.41) is 13.1. The molecule has 1 amide bonds. The predicted molar refractivity (Wildman–Crippen MR) is 96.5 cm³/mol. The van der Waals surface area contributed by atoms with Crippen molar-refractivity contribution in [1.82, 2.24) is 14.9 Å². The summed E-state index contributed by atoms with van der Waals surface area (Å²) >= 11 is 0. The summed E-state index contributed by atoms with van der Waals surface area (Å²) in [5.41, 5.74) is 2.44. The average Bonchev–Trinajstić information content (AvgIpc) is 2.89. The second-order valence-electron chi connectivity index (χ2n) is 6.26. The number of nitrogens with zero attached hydrogens (tertiary/aromatic N) is 1. The molecule has 25 heavy (non-hydrogen) atoms. The Morgan fingerprint density at radius 2 is 1.96 bits per heavy atom. The molecule has 6 nitrogen and oxygen atoms in total. The number of carbonyl (C=O) groups is 1. The largest absolute Gasteiger partial charge is 0.388 e. The minimum Gasteiger partial charge on any atom is -0.388 e. The lowest BCUT2D eigenvalue weighted by Crippen LogP contribution is -2.33. The van der Waals surface area contributed by atoms with Crippen LogP contribution in [-0.4, -0.2) is 26.6 Å². The SMILES string of the molecule is CC(CC(O)c1ccccc1)NC(=O)c1ccc2c(c1)[nH]c(=O)n2C. The molecule has 0 aliphatic rings. The number of aliphatic hydroxyl groups is 1. The van der Waals surface area contributed by atoms with Gasteiger partial charge in [0.05, 0.1) is 17.1 Å². The first-order valence-corrected chi connectivity index (χ1v) is 8.18. The minimum absolute atomic E-state index is 0.201. The van der Waals surface area contributed by atoms with Gasteiger partial charge in [0.2, 0.25) is 0 Å². The summed E-state index contributed by atoms with van der Waals surface area (Å²) < 4.78 is 1.50. The molecule has 0 saturated heterocycles. The number of aromatic nitrogens is 2. The third-order valence-electron chi connectivity index (χ3n) is 4.30. The normalized spacial score (nSPS) is 13.6. The molecule has 130 valence electrons. The second-order valence-corrected chi connectivity index (χ2v) is 6.26. The third-order valence-corrected chi connectivity index (χ3v) is 4.30. The molecule has 6 heteroatoms. The number of aryl methyl sites for hydroxylation is 1. The Hall–Kier alpha value is -2.86. The second kappa shape index (κ2) is 6.94. The van der Waals surface area contributed by atoms with Crippen LogP contribution in [0, 0.1) is 0 Å². The number of fused-ring (bicyclic) bond motifs is 1. The van der Waals surface area contributed by atoms with Crippen LogP contribution in [0.1, 0.15) is 35.4 Å². The standard InChI is InChI=1S/C19H21N3O3/c1-12(10-17(23)13-6-4-3-5-7-13)20-18(24)14-8-9-16-15(11-14)21-19(25)22(16)2/h3-9,11-12,17,23H,10H2,1-2H3,(H,20,24)(H,21,25). The van der Waals surface area contributed by atoms with E-state index in [9.17, 15) is 14.7 Å². The van der Waals surface area contributed by atoms with Crippen molar-refractivity contribution >= 4 is 16.9 Å². The number of imidazole rings is 1. The Morgan fingerprint density at radius 1 is 1.24 bits per heavy atom. The summed E-state index contributed by atoms with van der Waals surface area (Å²) in [6, 6.07) is 14.2. The van der Waals surface area contributed by atoms with E-state index in [0.717, 1.165) is 11.1 Å². The topological polar surface area (TPSA) is 87.1 Å². The number of aliphatic hydroxyl groups excluding tert-OH is 1. The zero-order chi connectivity index (χ0) is 18.0. The van der Waals surface area contributed by atoms with Crippen molar-refractivity contribution in [3.8, 4) is 0 Å². The number of nitrogens with one attached hydrogen (secondary N) is 2. The van der Waals surface area contributed by atoms with E-state index in [-0.39, 0.29) is 17.6 Å². The summed E-state index contributed by atoms with van der Waals surface area (Å²) in [6.07, 6.45) is -0.218. The third kappa shape index (κ3) is 3.64. The van der Waals surface area contributed by atoms with E-state index in [2.05, 4.69) is 10.3 Å². The van der Waals surface area contributed by atoms with Crippen molar-refractivity contribution in [3.05, 3.63) is 70.1 Å². The number of rotatable bonds is 5. The number of hydrogen-bond donors (Lipinski definition) is 3. The van der Waals surface area contributed by atoms with E-state index in [0.29, 0.717) is 17.5 Å². The van der Waals surface area contributed by atoms with Crippen molar-refractivity contribution in [2.24, 2.45) is 7.05 Å². The number of carbonyl (C=O) groups excluding carboxylic acids is 1. The average molecular weight is 339 g/mol. The van der Waals surface area contributed by atoms with Crippen molar-refractivity contribution in [1.29, 1.82) is 0 Å². The van der Waals surface area contributed by atoms with Crippen molar-refractivity contribution < 1.29 is 9.90 Å². The summed E-state index contributed by atoms with van der Waals surface area (Å²) in [7, 11) is 1.67. The van der Waals surface area contributed by atoms with Crippen LogP contribution in [0.2, 0.25) is 0 Å². The zero-order valence-corrected chi connectivity index (χ0v) is 14.2. The van der Waals surface area contributed by atoms with Gasteiger partial charge in [-0.25, -0.2) is 4.79 Å². The molecule has 0 aliphatic heterocycles. The van der Waals surface area contributed by atoms with Gasteiger partial charge in [0.1, 0.15) is 0 Å². The van der Waals surface area contributed by atoms with Crippen LogP contribution < -0.4 is 11.0 Å². The van der Waals surface area contributed by atoms with Crippen LogP contribution in [0.25, 0.3) is 11.0 Å². The van der Waals surface area contributed by atoms with Crippen LogP contribution >= 0.6 is 0 Å². The zero-order valence-electron chi connectivity index (χ0n) is 14.2. The lowest BCUT2D eigenvalue weighted by Gasteiger charge is -2.18. The molecule has 0 spiro atoms. The first-order chi connectivity index (χ1) is 12.0. The Morgan fingerprint density at radius 3 is 2.68 bits per heavy atom. The maximum Gasteiger partial charge on any atom is 0.326 e. The highest BCUT2D eigenvalue weighted by molar-refractivity contribution is 5.97. The molecule has 3 N–H and O–H groups in total. The fraction of sp³-hybridized carbons (Fsp3) is 0.263. The van der Waals surface area contributed by atoms with Crippen molar-refractivity contribution in [2.75, 3.05) is 0 Å². The summed E-state index contributed by atoms with van der Waals surface area (Å²) in [5.74, 6) is -0.237. The number of amides is 1. The number of H-pyrrole nitrogens is 1. The molecule has 3 aromatic rings. The molecule has 0 radical (unpaired) electrons. The molecule has 2 aromatic carbocycles. The molecule has 0 fully saturated rings. The van der Waals surface area contributed by atoms with Gasteiger partial charge < -0.3 is 15.4 Å². The van der Waals surface area contributed by atoms with Crippen LogP contribution in [0.15, 0.2) is 53.3 Å². The van der Waals surface area contributed by atoms with Gasteiger partial charge in [-0.2, -0.15) is 0 Å². The lowest BCUT2D eigenvalue weighted by atomic mass is 10.0. The quantitative estimate of drug-likeness (QED) is 0.665. The van der Waals surface area contributed by atoms with E-state index in [4.69, 9.17) is 0 Å². The highest BCUT2D eigenvalue weighted by Gasteiger charge is 2.16.